The number of nitrogens with zero attached hydrogens (tertiary/aromatic N) is 4. The van der Waals surface area contributed by atoms with Crippen LogP contribution in [0.15, 0.2) is 10.9 Å². The molecule has 6 nitrogen and oxygen atoms in total. The van der Waals surface area contributed by atoms with E-state index in [2.05, 4.69) is 43.0 Å². The van der Waals surface area contributed by atoms with Crippen molar-refractivity contribution in [2.75, 3.05) is 0 Å². The molecule has 0 atom stereocenters. The molecule has 0 bridgehead atoms. The van der Waals surface area contributed by atoms with Crippen LogP contribution in [0.2, 0.25) is 0 Å². The molecule has 114 valence electrons. The predicted octanol–water partition coefficient (Wildman–Crippen LogP) is 2.48. The molecule has 0 aliphatic carbocycles. The molecule has 0 saturated heterocycles. The summed E-state index contributed by atoms with van der Waals surface area (Å²) in [7, 11) is 1.79. The second kappa shape index (κ2) is 5.93. The smallest absolute Gasteiger partial charge is 0.277 e. The molecule has 0 spiro atoms. The van der Waals surface area contributed by atoms with E-state index in [0.29, 0.717) is 28.6 Å². The fourth-order valence-electron chi connectivity index (χ4n) is 2.06. The summed E-state index contributed by atoms with van der Waals surface area (Å²) in [5, 5.41) is 11.4. The van der Waals surface area contributed by atoms with Gasteiger partial charge in [-0.3, -0.25) is 9.89 Å². The Kier molecular flexibility index (Phi) is 4.41. The van der Waals surface area contributed by atoms with Gasteiger partial charge in [-0.2, -0.15) is 10.2 Å². The van der Waals surface area contributed by atoms with Gasteiger partial charge >= 0.3 is 0 Å². The van der Waals surface area contributed by atoms with Crippen LogP contribution in [-0.2, 0) is 13.6 Å². The Balaban J connectivity index is 2.70. The highest BCUT2D eigenvalue weighted by atomic mass is 32.1. The maximum absolute atomic E-state index is 12.6. The molecule has 0 saturated carbocycles. The van der Waals surface area contributed by atoms with E-state index in [1.165, 1.54) is 4.68 Å². The minimum Gasteiger partial charge on any atom is -0.303 e. The van der Waals surface area contributed by atoms with Crippen molar-refractivity contribution in [1.82, 2.24) is 24.5 Å². The van der Waals surface area contributed by atoms with E-state index in [4.69, 9.17) is 12.2 Å². The van der Waals surface area contributed by atoms with Crippen LogP contribution in [0.3, 0.4) is 0 Å². The molecule has 0 fully saturated rings. The van der Waals surface area contributed by atoms with E-state index in [1.807, 2.05) is 6.07 Å². The minimum absolute atomic E-state index is 0.134. The summed E-state index contributed by atoms with van der Waals surface area (Å²) in [5.74, 6) is 1.12. The average molecular weight is 307 g/mol. The van der Waals surface area contributed by atoms with Gasteiger partial charge < -0.3 is 4.57 Å². The number of aromatic nitrogens is 5. The van der Waals surface area contributed by atoms with E-state index in [-0.39, 0.29) is 11.5 Å². The van der Waals surface area contributed by atoms with Gasteiger partial charge in [0.1, 0.15) is 0 Å². The normalized spacial score (nSPS) is 11.6. The van der Waals surface area contributed by atoms with Gasteiger partial charge in [-0.1, -0.05) is 27.7 Å². The monoisotopic (exact) mass is 307 g/mol. The van der Waals surface area contributed by atoms with Crippen molar-refractivity contribution in [3.05, 3.63) is 26.9 Å². The van der Waals surface area contributed by atoms with Gasteiger partial charge in [0.15, 0.2) is 10.6 Å². The molecule has 2 rings (SSSR count). The van der Waals surface area contributed by atoms with Crippen molar-refractivity contribution in [1.29, 1.82) is 0 Å². The highest BCUT2D eigenvalue weighted by Gasteiger charge is 2.16. The van der Waals surface area contributed by atoms with Crippen molar-refractivity contribution in [2.24, 2.45) is 13.0 Å². The lowest BCUT2D eigenvalue weighted by Crippen LogP contribution is -2.28. The number of hydrogen-bond donors (Lipinski definition) is 1. The number of nitrogens with one attached hydrogen (secondary N) is 1. The number of rotatable bonds is 4. The average Bonchev–Trinajstić information content (AvgIpc) is 2.72. The molecule has 0 aromatic carbocycles. The summed E-state index contributed by atoms with van der Waals surface area (Å²) >= 11 is 5.12. The summed E-state index contributed by atoms with van der Waals surface area (Å²) in [6.07, 6.45) is 0. The molecule has 2 heterocycles. The summed E-state index contributed by atoms with van der Waals surface area (Å²) < 4.78 is 3.73. The van der Waals surface area contributed by atoms with Gasteiger partial charge in [-0.05, 0) is 30.1 Å². The second-order valence-corrected chi connectivity index (χ2v) is 6.32. The fourth-order valence-corrected chi connectivity index (χ4v) is 2.19. The minimum atomic E-state index is -0.134. The van der Waals surface area contributed by atoms with Crippen LogP contribution in [0, 0.1) is 10.7 Å². The van der Waals surface area contributed by atoms with Gasteiger partial charge in [-0.15, -0.1) is 0 Å². The number of aromatic amines is 1. The maximum Gasteiger partial charge on any atom is 0.277 e. The third-order valence-electron chi connectivity index (χ3n) is 3.24. The van der Waals surface area contributed by atoms with Crippen LogP contribution >= 0.6 is 12.2 Å². The summed E-state index contributed by atoms with van der Waals surface area (Å²) in [4.78, 5) is 12.6. The van der Waals surface area contributed by atoms with Crippen molar-refractivity contribution >= 4 is 12.2 Å². The van der Waals surface area contributed by atoms with Gasteiger partial charge in [0.05, 0.1) is 11.3 Å². The first-order valence-corrected chi connectivity index (χ1v) is 7.46. The molecule has 0 amide bonds. The van der Waals surface area contributed by atoms with Crippen LogP contribution < -0.4 is 5.56 Å². The lowest BCUT2D eigenvalue weighted by atomic mass is 10.1. The third kappa shape index (κ3) is 3.12. The van der Waals surface area contributed by atoms with Crippen LogP contribution in [0.4, 0.5) is 0 Å². The molecule has 2 aromatic heterocycles. The van der Waals surface area contributed by atoms with Crippen molar-refractivity contribution in [3.63, 3.8) is 0 Å². The van der Waals surface area contributed by atoms with E-state index in [0.717, 1.165) is 5.69 Å². The predicted molar refractivity (Wildman–Crippen MR) is 84.8 cm³/mol. The fraction of sp³-hybridized carbons (Fsp3) is 0.571. The zero-order chi connectivity index (χ0) is 15.7. The van der Waals surface area contributed by atoms with Crippen molar-refractivity contribution < 1.29 is 0 Å². The van der Waals surface area contributed by atoms with Gasteiger partial charge in [0.25, 0.3) is 5.56 Å². The zero-order valence-electron chi connectivity index (χ0n) is 13.0. The first-order valence-electron chi connectivity index (χ1n) is 7.05. The standard InChI is InChI=1S/C14H21N5OS/c1-8(2)7-19-13(20)10(6-11(17-19)9(3)4)12-15-16-14(21)18(12)5/h6,8-9H,7H2,1-5H3,(H,16,21). The number of hydrogen-bond acceptors (Lipinski definition) is 4. The molecule has 0 aliphatic rings. The summed E-state index contributed by atoms with van der Waals surface area (Å²) in [6.45, 7) is 8.82. The molecule has 7 heteroatoms. The summed E-state index contributed by atoms with van der Waals surface area (Å²) in [6, 6.07) is 1.81. The third-order valence-corrected chi connectivity index (χ3v) is 3.61. The SMILES string of the molecule is CC(C)Cn1nc(C(C)C)cc(-c2n[nH]c(=S)n2C)c1=O. The molecular weight excluding hydrogens is 286 g/mol. The van der Waals surface area contributed by atoms with Crippen molar-refractivity contribution in [2.45, 2.75) is 40.2 Å². The second-order valence-electron chi connectivity index (χ2n) is 5.93. The van der Waals surface area contributed by atoms with Gasteiger partial charge in [0, 0.05) is 13.6 Å². The Bertz CT molecular complexity index is 753. The quantitative estimate of drug-likeness (QED) is 0.881. The molecule has 2 aromatic rings. The molecule has 0 radical (unpaired) electrons. The first-order chi connectivity index (χ1) is 9.81. The summed E-state index contributed by atoms with van der Waals surface area (Å²) in [5.41, 5.74) is 1.27. The Hall–Kier alpha value is -1.76. The Morgan fingerprint density at radius 3 is 2.48 bits per heavy atom. The van der Waals surface area contributed by atoms with E-state index in [9.17, 15) is 4.79 Å². The topological polar surface area (TPSA) is 68.5 Å². The zero-order valence-corrected chi connectivity index (χ0v) is 13.9. The molecular formula is C14H21N5OS. The molecule has 1 N–H and O–H groups in total. The molecule has 0 unspecified atom stereocenters. The highest BCUT2D eigenvalue weighted by Crippen LogP contribution is 2.17. The Morgan fingerprint density at radius 1 is 1.33 bits per heavy atom. The molecule has 21 heavy (non-hydrogen) atoms. The van der Waals surface area contributed by atoms with Crippen LogP contribution in [0.1, 0.15) is 39.3 Å². The Labute approximate surface area is 128 Å². The lowest BCUT2D eigenvalue weighted by molar-refractivity contribution is 0.455. The lowest BCUT2D eigenvalue weighted by Gasteiger charge is -2.13. The number of H-pyrrole nitrogens is 1. The van der Waals surface area contributed by atoms with E-state index in [1.54, 1.807) is 11.6 Å². The van der Waals surface area contributed by atoms with Crippen LogP contribution in [0.5, 0.6) is 0 Å². The van der Waals surface area contributed by atoms with Crippen molar-refractivity contribution in [3.8, 4) is 11.4 Å². The Morgan fingerprint density at radius 2 is 2.00 bits per heavy atom. The van der Waals surface area contributed by atoms with Gasteiger partial charge in [-0.25, -0.2) is 4.68 Å². The van der Waals surface area contributed by atoms with Gasteiger partial charge in [0.2, 0.25) is 0 Å². The van der Waals surface area contributed by atoms with E-state index < -0.39 is 0 Å². The van der Waals surface area contributed by atoms with Crippen LogP contribution in [0.25, 0.3) is 11.4 Å². The maximum atomic E-state index is 12.6. The largest absolute Gasteiger partial charge is 0.303 e. The van der Waals surface area contributed by atoms with Crippen LogP contribution in [-0.4, -0.2) is 24.5 Å². The highest BCUT2D eigenvalue weighted by molar-refractivity contribution is 7.71. The first kappa shape index (κ1) is 15.6. The van der Waals surface area contributed by atoms with E-state index >= 15 is 0 Å². The molecule has 0 aliphatic heterocycles.